The first kappa shape index (κ1) is 9.30. The third-order valence-corrected chi connectivity index (χ3v) is 0. The average Bonchev–Trinajstić information content (AvgIpc) is 1.33. The van der Waals surface area contributed by atoms with Crippen LogP contribution in [0.1, 0.15) is 0 Å². The summed E-state index contributed by atoms with van der Waals surface area (Å²) in [5.41, 5.74) is 8.50. The Morgan fingerprint density at radius 3 is 1.57 bits per heavy atom. The molecule has 5 heteroatoms. The third kappa shape index (κ3) is 31.4. The zero-order chi connectivity index (χ0) is 6.28. The molecule has 42 valence electrons. The van der Waals surface area contributed by atoms with Crippen molar-refractivity contribution in [1.29, 1.82) is 0 Å². The summed E-state index contributed by atoms with van der Waals surface area (Å²) in [6.07, 6.45) is 0. The molecule has 2 amide bonds. The van der Waals surface area contributed by atoms with E-state index >= 15 is 0 Å². The molecule has 0 aromatic rings. The lowest BCUT2D eigenvalue weighted by molar-refractivity contribution is 0.256. The highest BCUT2D eigenvalue weighted by molar-refractivity contribution is 5.69. The molecular formula is C2H7N3O2. The normalized spacial score (nSPS) is 5.29. The molecule has 7 heavy (non-hydrogen) atoms. The summed E-state index contributed by atoms with van der Waals surface area (Å²) in [6.45, 7) is 0. The van der Waals surface area contributed by atoms with E-state index in [4.69, 9.17) is 9.70 Å². The van der Waals surface area contributed by atoms with Gasteiger partial charge in [0.25, 0.3) is 0 Å². The van der Waals surface area contributed by atoms with E-state index in [1.807, 2.05) is 0 Å². The topological polar surface area (TPSA) is 98.5 Å². The number of nitroso groups, excluding NO2 is 1. The van der Waals surface area contributed by atoms with Crippen LogP contribution in [0.4, 0.5) is 4.79 Å². The largest absolute Gasteiger partial charge is 0.352 e. The molecule has 0 radical (unpaired) electrons. The first-order valence-corrected chi connectivity index (χ1v) is 1.41. The Balaban J connectivity index is 0. The van der Waals surface area contributed by atoms with Crippen LogP contribution in [0.3, 0.4) is 0 Å². The van der Waals surface area contributed by atoms with Gasteiger partial charge in [-0.3, -0.25) is 0 Å². The predicted molar refractivity (Wildman–Crippen MR) is 25.5 cm³/mol. The molecule has 5 nitrogen and oxygen atoms in total. The summed E-state index contributed by atoms with van der Waals surface area (Å²) < 4.78 is 0. The minimum atomic E-state index is -0.833. The van der Waals surface area contributed by atoms with Crippen LogP contribution in [-0.4, -0.2) is 13.1 Å². The minimum absolute atomic E-state index is 0.833. The number of carbonyl (C=O) groups excluding carboxylic acids is 1. The molecule has 0 saturated carbocycles. The molecule has 0 unspecified atom stereocenters. The summed E-state index contributed by atoms with van der Waals surface area (Å²) in [5.74, 6) is 0. The quantitative estimate of drug-likeness (QED) is 0.402. The van der Waals surface area contributed by atoms with Crippen molar-refractivity contribution in [2.75, 3.05) is 7.05 Å². The van der Waals surface area contributed by atoms with Gasteiger partial charge in [0.15, 0.2) is 0 Å². The number of hydrogen-bond donors (Lipinski definition) is 2. The Kier molecular flexibility index (Phi) is 11.8. The van der Waals surface area contributed by atoms with Crippen LogP contribution < -0.4 is 11.5 Å². The number of nitrogens with two attached hydrogens (primary N) is 2. The number of urea groups is 1. The van der Waals surface area contributed by atoms with Crippen LogP contribution in [0.15, 0.2) is 5.18 Å². The van der Waals surface area contributed by atoms with Gasteiger partial charge < -0.3 is 11.5 Å². The predicted octanol–water partition coefficient (Wildman–Crippen LogP) is -0.594. The van der Waals surface area contributed by atoms with Gasteiger partial charge in [0.1, 0.15) is 0 Å². The SMILES string of the molecule is CN=O.NC(N)=O. The smallest absolute Gasteiger partial charge is 0.309 e. The van der Waals surface area contributed by atoms with Gasteiger partial charge in [-0.2, -0.15) is 4.91 Å². The van der Waals surface area contributed by atoms with Crippen LogP contribution in [0.5, 0.6) is 0 Å². The van der Waals surface area contributed by atoms with Gasteiger partial charge in [-0.05, 0) is 0 Å². The molecule has 0 bridgehead atoms. The maximum Gasteiger partial charge on any atom is 0.309 e. The Labute approximate surface area is 40.6 Å². The highest BCUT2D eigenvalue weighted by Gasteiger charge is 1.60. The van der Waals surface area contributed by atoms with Crippen molar-refractivity contribution in [2.45, 2.75) is 0 Å². The maximum absolute atomic E-state index is 9.00. The highest BCUT2D eigenvalue weighted by Crippen LogP contribution is 1.27. The number of amides is 2. The van der Waals surface area contributed by atoms with Crippen molar-refractivity contribution in [2.24, 2.45) is 16.6 Å². The van der Waals surface area contributed by atoms with E-state index in [9.17, 15) is 0 Å². The summed E-state index contributed by atoms with van der Waals surface area (Å²) in [6, 6.07) is -0.833. The van der Waals surface area contributed by atoms with Gasteiger partial charge in [0.2, 0.25) is 0 Å². The van der Waals surface area contributed by atoms with E-state index in [0.29, 0.717) is 0 Å². The van der Waals surface area contributed by atoms with Crippen LogP contribution in [0, 0.1) is 4.91 Å². The molecule has 0 aromatic heterocycles. The van der Waals surface area contributed by atoms with Crippen molar-refractivity contribution in [3.8, 4) is 0 Å². The monoisotopic (exact) mass is 105 g/mol. The molecule has 0 aliphatic heterocycles. The van der Waals surface area contributed by atoms with E-state index in [-0.39, 0.29) is 0 Å². The van der Waals surface area contributed by atoms with E-state index in [1.165, 1.54) is 7.05 Å². The number of primary amides is 2. The van der Waals surface area contributed by atoms with Crippen molar-refractivity contribution in [3.05, 3.63) is 4.91 Å². The first-order chi connectivity index (χ1) is 3.15. The van der Waals surface area contributed by atoms with Gasteiger partial charge in [0, 0.05) is 0 Å². The lowest BCUT2D eigenvalue weighted by atomic mass is 11.2. The van der Waals surface area contributed by atoms with Gasteiger partial charge in [-0.15, -0.1) is 0 Å². The van der Waals surface area contributed by atoms with Gasteiger partial charge in [-0.25, -0.2) is 4.79 Å². The second-order valence-electron chi connectivity index (χ2n) is 0.585. The number of nitrogens with zero attached hydrogens (tertiary/aromatic N) is 1. The minimum Gasteiger partial charge on any atom is -0.352 e. The summed E-state index contributed by atoms with van der Waals surface area (Å²) in [5, 5.41) is 2.25. The molecule has 0 spiro atoms. The van der Waals surface area contributed by atoms with E-state index in [1.54, 1.807) is 0 Å². The first-order valence-electron chi connectivity index (χ1n) is 1.41. The van der Waals surface area contributed by atoms with Crippen LogP contribution in [0.25, 0.3) is 0 Å². The molecular weight excluding hydrogens is 98.0 g/mol. The zero-order valence-corrected chi connectivity index (χ0v) is 3.92. The molecule has 4 N–H and O–H groups in total. The number of rotatable bonds is 0. The fourth-order valence-corrected chi connectivity index (χ4v) is 0. The van der Waals surface area contributed by atoms with E-state index in [2.05, 4.69) is 16.6 Å². The summed E-state index contributed by atoms with van der Waals surface area (Å²) in [4.78, 5) is 17.6. The van der Waals surface area contributed by atoms with Gasteiger partial charge in [-0.1, -0.05) is 5.18 Å². The Morgan fingerprint density at radius 1 is 1.57 bits per heavy atom. The van der Waals surface area contributed by atoms with Gasteiger partial charge >= 0.3 is 6.03 Å². The molecule has 0 rings (SSSR count). The molecule has 0 aliphatic rings. The van der Waals surface area contributed by atoms with Crippen molar-refractivity contribution in [3.63, 3.8) is 0 Å². The molecule has 0 aliphatic carbocycles. The number of hydrogen-bond acceptors (Lipinski definition) is 3. The average molecular weight is 105 g/mol. The molecule has 0 heterocycles. The van der Waals surface area contributed by atoms with Crippen LogP contribution in [0.2, 0.25) is 0 Å². The van der Waals surface area contributed by atoms with Crippen molar-refractivity contribution < 1.29 is 4.79 Å². The molecule has 0 aromatic carbocycles. The van der Waals surface area contributed by atoms with Gasteiger partial charge in [0.05, 0.1) is 7.05 Å². The Bertz CT molecular complexity index is 58.0. The lowest BCUT2D eigenvalue weighted by Crippen LogP contribution is -2.18. The third-order valence-electron chi connectivity index (χ3n) is 0. The van der Waals surface area contributed by atoms with Crippen molar-refractivity contribution in [1.82, 2.24) is 0 Å². The van der Waals surface area contributed by atoms with Crippen LogP contribution >= 0.6 is 0 Å². The van der Waals surface area contributed by atoms with E-state index < -0.39 is 6.03 Å². The summed E-state index contributed by atoms with van der Waals surface area (Å²) >= 11 is 0. The zero-order valence-electron chi connectivity index (χ0n) is 3.92. The maximum atomic E-state index is 9.00. The van der Waals surface area contributed by atoms with Crippen molar-refractivity contribution >= 4 is 6.03 Å². The van der Waals surface area contributed by atoms with E-state index in [0.717, 1.165) is 0 Å². The molecule has 0 atom stereocenters. The highest BCUT2D eigenvalue weighted by atomic mass is 16.2. The molecule has 0 saturated heterocycles. The second kappa shape index (κ2) is 8.85. The summed E-state index contributed by atoms with van der Waals surface area (Å²) in [7, 11) is 1.19. The Hall–Kier alpha value is -1.13. The fraction of sp³-hybridized carbons (Fsp3) is 0.500. The fourth-order valence-electron chi connectivity index (χ4n) is 0. The standard InChI is InChI=1S/CH4N2O.CH3NO/c2-1(3)4;1-2-3/h(H4,2,3,4);1H3. The second-order valence-corrected chi connectivity index (χ2v) is 0.585. The van der Waals surface area contributed by atoms with Crippen LogP contribution in [-0.2, 0) is 0 Å². The molecule has 0 fully saturated rings. The number of carbonyl (C=O) groups is 1. The lowest BCUT2D eigenvalue weighted by Gasteiger charge is -1.62. The Morgan fingerprint density at radius 2 is 1.57 bits per heavy atom.